The Morgan fingerprint density at radius 3 is 1.20 bits per heavy atom. The Kier molecular flexibility index (Phi) is 45.3. The Balaban J connectivity index is 3.46. The minimum atomic E-state index is -0.658. The maximum atomic E-state index is 12.4. The van der Waals surface area contributed by atoms with Gasteiger partial charge in [-0.1, -0.05) is 250 Å². The number of hydrogen-bond acceptors (Lipinski definition) is 3. The molecule has 0 aromatic carbocycles. The first-order chi connectivity index (χ1) is 26.7. The topological polar surface area (TPSA) is 69.6 Å². The lowest BCUT2D eigenvalue weighted by Crippen LogP contribution is -2.45. The van der Waals surface area contributed by atoms with E-state index in [-0.39, 0.29) is 12.5 Å². The van der Waals surface area contributed by atoms with Gasteiger partial charge >= 0.3 is 0 Å². The third-order valence-corrected chi connectivity index (χ3v) is 11.5. The Labute approximate surface area is 339 Å². The molecule has 3 N–H and O–H groups in total. The van der Waals surface area contributed by atoms with Crippen LogP contribution in [0.1, 0.15) is 271 Å². The van der Waals surface area contributed by atoms with Crippen LogP contribution < -0.4 is 5.32 Å². The van der Waals surface area contributed by atoms with Crippen molar-refractivity contribution in [3.8, 4) is 0 Å². The molecule has 0 bridgehead atoms. The van der Waals surface area contributed by atoms with E-state index in [1.165, 1.54) is 205 Å². The van der Waals surface area contributed by atoms with Gasteiger partial charge in [0, 0.05) is 6.42 Å². The Hall–Kier alpha value is -1.13. The van der Waals surface area contributed by atoms with Gasteiger partial charge in [-0.2, -0.15) is 0 Å². The quantitative estimate of drug-likeness (QED) is 0.0428. The van der Waals surface area contributed by atoms with Gasteiger partial charge in [-0.05, 0) is 38.5 Å². The van der Waals surface area contributed by atoms with Gasteiger partial charge in [-0.3, -0.25) is 4.79 Å². The lowest BCUT2D eigenvalue weighted by molar-refractivity contribution is -0.123. The van der Waals surface area contributed by atoms with Gasteiger partial charge in [0.1, 0.15) is 0 Å². The summed E-state index contributed by atoms with van der Waals surface area (Å²) in [7, 11) is 0. The summed E-state index contributed by atoms with van der Waals surface area (Å²) in [6.07, 6.45) is 59.9. The maximum absolute atomic E-state index is 12.4. The molecule has 2 atom stereocenters. The van der Waals surface area contributed by atoms with Crippen LogP contribution in [-0.2, 0) is 4.79 Å². The van der Waals surface area contributed by atoms with Gasteiger partial charge in [-0.25, -0.2) is 0 Å². The Morgan fingerprint density at radius 2 is 0.815 bits per heavy atom. The zero-order valence-corrected chi connectivity index (χ0v) is 36.8. The van der Waals surface area contributed by atoms with Crippen molar-refractivity contribution in [2.75, 3.05) is 6.61 Å². The van der Waals surface area contributed by atoms with Gasteiger partial charge in [0.05, 0.1) is 18.8 Å². The summed E-state index contributed by atoms with van der Waals surface area (Å²) in [6, 6.07) is -0.534. The molecule has 0 radical (unpaired) electrons. The number of rotatable bonds is 45. The van der Waals surface area contributed by atoms with Crippen molar-refractivity contribution in [3.05, 3.63) is 24.3 Å². The number of unbranched alkanes of at least 4 members (excludes halogenated alkanes) is 34. The molecule has 4 nitrogen and oxygen atoms in total. The molecule has 0 aliphatic heterocycles. The Morgan fingerprint density at radius 1 is 0.463 bits per heavy atom. The summed E-state index contributed by atoms with van der Waals surface area (Å²) in [5.41, 5.74) is 0. The van der Waals surface area contributed by atoms with E-state index in [1.54, 1.807) is 0 Å². The largest absolute Gasteiger partial charge is 0.394 e. The third-order valence-electron chi connectivity index (χ3n) is 11.5. The van der Waals surface area contributed by atoms with Gasteiger partial charge in [-0.15, -0.1) is 0 Å². The van der Waals surface area contributed by atoms with Crippen LogP contribution in [0.4, 0.5) is 0 Å². The highest BCUT2D eigenvalue weighted by Gasteiger charge is 2.20. The van der Waals surface area contributed by atoms with Crippen LogP contribution in [0.2, 0.25) is 0 Å². The molecular formula is C50H97NO3. The van der Waals surface area contributed by atoms with E-state index < -0.39 is 12.1 Å². The van der Waals surface area contributed by atoms with Crippen LogP contribution in [0.25, 0.3) is 0 Å². The zero-order valence-electron chi connectivity index (χ0n) is 36.8. The first-order valence-electron chi connectivity index (χ1n) is 24.5. The summed E-state index contributed by atoms with van der Waals surface area (Å²) < 4.78 is 0. The first-order valence-corrected chi connectivity index (χ1v) is 24.5. The van der Waals surface area contributed by atoms with Crippen LogP contribution >= 0.6 is 0 Å². The van der Waals surface area contributed by atoms with Crippen LogP contribution in [0.5, 0.6) is 0 Å². The smallest absolute Gasteiger partial charge is 0.220 e. The second-order valence-corrected chi connectivity index (χ2v) is 16.9. The van der Waals surface area contributed by atoms with Crippen LogP contribution in [0.3, 0.4) is 0 Å². The summed E-state index contributed by atoms with van der Waals surface area (Å²) >= 11 is 0. The molecule has 0 aliphatic rings. The number of amides is 1. The average molecular weight is 760 g/mol. The van der Waals surface area contributed by atoms with E-state index in [9.17, 15) is 15.0 Å². The summed E-state index contributed by atoms with van der Waals surface area (Å²) in [5, 5.41) is 23.3. The van der Waals surface area contributed by atoms with Crippen LogP contribution in [-0.4, -0.2) is 34.9 Å². The number of aliphatic hydroxyl groups is 2. The predicted octanol–water partition coefficient (Wildman–Crippen LogP) is 15.6. The minimum Gasteiger partial charge on any atom is -0.394 e. The van der Waals surface area contributed by atoms with Crippen LogP contribution in [0, 0.1) is 0 Å². The number of hydrogen-bond donors (Lipinski definition) is 3. The highest BCUT2D eigenvalue weighted by atomic mass is 16.3. The zero-order chi connectivity index (χ0) is 39.3. The molecule has 2 unspecified atom stereocenters. The molecule has 0 rings (SSSR count). The van der Waals surface area contributed by atoms with Crippen LogP contribution in [0.15, 0.2) is 24.3 Å². The molecule has 4 heteroatoms. The fourth-order valence-corrected chi connectivity index (χ4v) is 7.75. The monoisotopic (exact) mass is 760 g/mol. The molecule has 0 aromatic heterocycles. The van der Waals surface area contributed by atoms with E-state index in [2.05, 4.69) is 43.5 Å². The SMILES string of the molecule is CC/C=C\C/C=C\CCCCCCCCCCCCCCCCC(=O)NC(CO)C(O)CCCCCCCCCCCCCCCCCCCCCCC. The predicted molar refractivity (Wildman–Crippen MR) is 239 cm³/mol. The normalized spacial score (nSPS) is 13.0. The minimum absolute atomic E-state index is 0.0285. The van der Waals surface area contributed by atoms with Crippen molar-refractivity contribution in [3.63, 3.8) is 0 Å². The molecule has 0 fully saturated rings. The average Bonchev–Trinajstić information content (AvgIpc) is 3.18. The van der Waals surface area contributed by atoms with E-state index in [0.29, 0.717) is 12.8 Å². The number of carbonyl (C=O) groups is 1. The fourth-order valence-electron chi connectivity index (χ4n) is 7.75. The molecule has 1 amide bonds. The van der Waals surface area contributed by atoms with E-state index in [1.807, 2.05) is 0 Å². The molecule has 0 saturated heterocycles. The molecule has 0 aliphatic carbocycles. The van der Waals surface area contributed by atoms with Gasteiger partial charge < -0.3 is 15.5 Å². The third kappa shape index (κ3) is 42.0. The summed E-state index contributed by atoms with van der Waals surface area (Å²) in [4.78, 5) is 12.4. The van der Waals surface area contributed by atoms with Gasteiger partial charge in [0.25, 0.3) is 0 Å². The molecular weight excluding hydrogens is 663 g/mol. The van der Waals surface area contributed by atoms with E-state index in [0.717, 1.165) is 38.5 Å². The van der Waals surface area contributed by atoms with Crippen molar-refractivity contribution in [1.29, 1.82) is 0 Å². The second-order valence-electron chi connectivity index (χ2n) is 16.9. The Bertz CT molecular complexity index is 780. The molecule has 0 spiro atoms. The van der Waals surface area contributed by atoms with E-state index in [4.69, 9.17) is 0 Å². The number of carbonyl (C=O) groups excluding carboxylic acids is 1. The van der Waals surface area contributed by atoms with Crippen molar-refractivity contribution >= 4 is 5.91 Å². The van der Waals surface area contributed by atoms with Crippen molar-refractivity contribution in [1.82, 2.24) is 5.32 Å². The van der Waals surface area contributed by atoms with Crippen molar-refractivity contribution in [2.24, 2.45) is 0 Å². The first kappa shape index (κ1) is 52.9. The molecule has 54 heavy (non-hydrogen) atoms. The van der Waals surface area contributed by atoms with Crippen molar-refractivity contribution < 1.29 is 15.0 Å². The standard InChI is InChI=1S/C50H97NO3/c1-3-5-7-9-11-13-15-17-19-21-23-25-27-29-31-33-35-37-39-41-43-45-49(53)48(47-52)51-50(54)46-44-42-40-38-36-34-32-30-28-26-24-22-20-18-16-14-12-10-8-6-4-2/h6,8,12,14,48-49,52-53H,3-5,7,9-11,13,15-47H2,1-2H3,(H,51,54)/b8-6-,14-12-. The summed E-state index contributed by atoms with van der Waals surface area (Å²) in [5.74, 6) is -0.0285. The molecule has 0 aromatic rings. The molecule has 320 valence electrons. The fraction of sp³-hybridized carbons (Fsp3) is 0.900. The second kappa shape index (κ2) is 46.3. The highest BCUT2D eigenvalue weighted by molar-refractivity contribution is 5.76. The lowest BCUT2D eigenvalue weighted by atomic mass is 10.0. The van der Waals surface area contributed by atoms with Crippen molar-refractivity contribution in [2.45, 2.75) is 283 Å². The van der Waals surface area contributed by atoms with E-state index >= 15 is 0 Å². The highest BCUT2D eigenvalue weighted by Crippen LogP contribution is 2.17. The maximum Gasteiger partial charge on any atom is 0.220 e. The number of allylic oxidation sites excluding steroid dienone is 4. The molecule has 0 saturated carbocycles. The number of nitrogens with one attached hydrogen (secondary N) is 1. The lowest BCUT2D eigenvalue weighted by Gasteiger charge is -2.22. The van der Waals surface area contributed by atoms with Gasteiger partial charge in [0.15, 0.2) is 0 Å². The number of aliphatic hydroxyl groups excluding tert-OH is 2. The summed E-state index contributed by atoms with van der Waals surface area (Å²) in [6.45, 7) is 4.28. The van der Waals surface area contributed by atoms with Gasteiger partial charge in [0.2, 0.25) is 5.91 Å². The molecule has 0 heterocycles.